The molecule has 2 nitrogen and oxygen atoms in total. The molecule has 0 fully saturated rings. The Labute approximate surface area is 61.6 Å². The summed E-state index contributed by atoms with van der Waals surface area (Å²) < 4.78 is 0. The summed E-state index contributed by atoms with van der Waals surface area (Å²) in [5, 5.41) is 0. The molecule has 2 heteroatoms. The lowest BCUT2D eigenvalue weighted by atomic mass is 10.1. The second-order valence-electron chi connectivity index (χ2n) is 2.71. The van der Waals surface area contributed by atoms with Crippen LogP contribution in [0, 0.1) is 0 Å². The summed E-state index contributed by atoms with van der Waals surface area (Å²) in [6.07, 6.45) is 3.78. The predicted octanol–water partition coefficient (Wildman–Crippen LogP) is 0.549. The van der Waals surface area contributed by atoms with Gasteiger partial charge in [0.1, 0.15) is 0 Å². The van der Waals surface area contributed by atoms with Crippen LogP contribution in [0.1, 0.15) is 12.8 Å². The van der Waals surface area contributed by atoms with Crippen LogP contribution >= 0.6 is 0 Å². The lowest BCUT2D eigenvalue weighted by molar-refractivity contribution is 0.711. The molecule has 0 radical (unpaired) electrons. The summed E-state index contributed by atoms with van der Waals surface area (Å²) in [7, 11) is 0. The molecule has 0 aromatic rings. The lowest BCUT2D eigenvalue weighted by Gasteiger charge is -1.98. The SMILES string of the molecule is C=CC1=C(CN)CC(N)C1. The van der Waals surface area contributed by atoms with Crippen molar-refractivity contribution in [1.82, 2.24) is 0 Å². The maximum absolute atomic E-state index is 5.72. The van der Waals surface area contributed by atoms with E-state index >= 15 is 0 Å². The van der Waals surface area contributed by atoms with Crippen molar-refractivity contribution in [2.45, 2.75) is 18.9 Å². The Morgan fingerprint density at radius 3 is 2.70 bits per heavy atom. The van der Waals surface area contributed by atoms with Crippen molar-refractivity contribution < 1.29 is 0 Å². The van der Waals surface area contributed by atoms with Crippen LogP contribution in [0.4, 0.5) is 0 Å². The molecule has 1 rings (SSSR count). The van der Waals surface area contributed by atoms with Gasteiger partial charge in [-0.15, -0.1) is 0 Å². The average Bonchev–Trinajstić information content (AvgIpc) is 2.30. The van der Waals surface area contributed by atoms with Gasteiger partial charge >= 0.3 is 0 Å². The van der Waals surface area contributed by atoms with Gasteiger partial charge in [-0.25, -0.2) is 0 Å². The number of allylic oxidation sites excluding steroid dienone is 1. The van der Waals surface area contributed by atoms with Gasteiger partial charge in [0, 0.05) is 12.6 Å². The molecule has 4 N–H and O–H groups in total. The van der Waals surface area contributed by atoms with Gasteiger partial charge in [-0.2, -0.15) is 0 Å². The van der Waals surface area contributed by atoms with E-state index in [1.165, 1.54) is 11.1 Å². The number of rotatable bonds is 2. The van der Waals surface area contributed by atoms with Crippen molar-refractivity contribution in [2.24, 2.45) is 11.5 Å². The van der Waals surface area contributed by atoms with Gasteiger partial charge in [-0.05, 0) is 18.4 Å². The third kappa shape index (κ3) is 1.28. The maximum Gasteiger partial charge on any atom is 0.0143 e. The molecule has 1 aliphatic carbocycles. The highest BCUT2D eigenvalue weighted by Crippen LogP contribution is 2.24. The molecule has 0 saturated heterocycles. The molecule has 0 aromatic heterocycles. The fourth-order valence-electron chi connectivity index (χ4n) is 1.39. The van der Waals surface area contributed by atoms with E-state index in [1.807, 2.05) is 6.08 Å². The van der Waals surface area contributed by atoms with Crippen molar-refractivity contribution >= 4 is 0 Å². The molecular weight excluding hydrogens is 124 g/mol. The second kappa shape index (κ2) is 2.99. The van der Waals surface area contributed by atoms with E-state index in [4.69, 9.17) is 11.5 Å². The Kier molecular flexibility index (Phi) is 2.25. The molecule has 1 atom stereocenters. The molecule has 1 aliphatic rings. The Morgan fingerprint density at radius 2 is 2.30 bits per heavy atom. The molecule has 0 spiro atoms. The van der Waals surface area contributed by atoms with Gasteiger partial charge in [0.15, 0.2) is 0 Å². The van der Waals surface area contributed by atoms with E-state index in [9.17, 15) is 0 Å². The van der Waals surface area contributed by atoms with Crippen LogP contribution in [-0.4, -0.2) is 12.6 Å². The van der Waals surface area contributed by atoms with Crippen molar-refractivity contribution in [3.63, 3.8) is 0 Å². The van der Waals surface area contributed by atoms with E-state index in [1.54, 1.807) is 0 Å². The third-order valence-electron chi connectivity index (χ3n) is 1.94. The first-order chi connectivity index (χ1) is 4.77. The first kappa shape index (κ1) is 7.51. The predicted molar refractivity (Wildman–Crippen MR) is 43.5 cm³/mol. The van der Waals surface area contributed by atoms with E-state index in [0.717, 1.165) is 12.8 Å². The average molecular weight is 138 g/mol. The summed E-state index contributed by atoms with van der Waals surface area (Å²) in [6, 6.07) is 0.284. The maximum atomic E-state index is 5.72. The minimum Gasteiger partial charge on any atom is -0.327 e. The zero-order chi connectivity index (χ0) is 7.56. The quantitative estimate of drug-likeness (QED) is 0.585. The van der Waals surface area contributed by atoms with E-state index in [2.05, 4.69) is 6.58 Å². The molecule has 56 valence electrons. The van der Waals surface area contributed by atoms with Gasteiger partial charge in [-0.3, -0.25) is 0 Å². The monoisotopic (exact) mass is 138 g/mol. The topological polar surface area (TPSA) is 52.0 Å². The zero-order valence-corrected chi connectivity index (χ0v) is 6.14. The fourth-order valence-corrected chi connectivity index (χ4v) is 1.39. The Morgan fingerprint density at radius 1 is 1.60 bits per heavy atom. The van der Waals surface area contributed by atoms with Crippen molar-refractivity contribution in [3.05, 3.63) is 23.8 Å². The Hall–Kier alpha value is -0.600. The highest BCUT2D eigenvalue weighted by molar-refractivity contribution is 5.31. The van der Waals surface area contributed by atoms with E-state index in [0.29, 0.717) is 6.54 Å². The van der Waals surface area contributed by atoms with Gasteiger partial charge < -0.3 is 11.5 Å². The van der Waals surface area contributed by atoms with Crippen molar-refractivity contribution in [1.29, 1.82) is 0 Å². The molecular formula is C8H14N2. The van der Waals surface area contributed by atoms with Crippen LogP contribution in [-0.2, 0) is 0 Å². The van der Waals surface area contributed by atoms with Gasteiger partial charge in [0.25, 0.3) is 0 Å². The summed E-state index contributed by atoms with van der Waals surface area (Å²) in [5.41, 5.74) is 13.8. The fraction of sp³-hybridized carbons (Fsp3) is 0.500. The minimum absolute atomic E-state index is 0.284. The smallest absolute Gasteiger partial charge is 0.0143 e. The third-order valence-corrected chi connectivity index (χ3v) is 1.94. The summed E-state index contributed by atoms with van der Waals surface area (Å²) >= 11 is 0. The number of hydrogen-bond donors (Lipinski definition) is 2. The largest absolute Gasteiger partial charge is 0.327 e. The molecule has 1 unspecified atom stereocenters. The van der Waals surface area contributed by atoms with Gasteiger partial charge in [0.05, 0.1) is 0 Å². The summed E-state index contributed by atoms with van der Waals surface area (Å²) in [5.74, 6) is 0. The molecule has 0 aromatic carbocycles. The van der Waals surface area contributed by atoms with E-state index in [-0.39, 0.29) is 6.04 Å². The minimum atomic E-state index is 0.284. The van der Waals surface area contributed by atoms with Gasteiger partial charge in [-0.1, -0.05) is 18.2 Å². The van der Waals surface area contributed by atoms with Crippen molar-refractivity contribution in [3.8, 4) is 0 Å². The van der Waals surface area contributed by atoms with Crippen molar-refractivity contribution in [2.75, 3.05) is 6.54 Å². The standard InChI is InChI=1S/C8H14N2/c1-2-6-3-8(10)4-7(6)5-9/h2,8H,1,3-5,9-10H2. The van der Waals surface area contributed by atoms with E-state index < -0.39 is 0 Å². The highest BCUT2D eigenvalue weighted by atomic mass is 14.7. The van der Waals surface area contributed by atoms with Crippen LogP contribution in [0.25, 0.3) is 0 Å². The van der Waals surface area contributed by atoms with Crippen LogP contribution in [0.3, 0.4) is 0 Å². The number of nitrogens with two attached hydrogens (primary N) is 2. The molecule has 0 bridgehead atoms. The first-order valence-corrected chi connectivity index (χ1v) is 3.57. The lowest BCUT2D eigenvalue weighted by Crippen LogP contribution is -2.16. The molecule has 0 aliphatic heterocycles. The zero-order valence-electron chi connectivity index (χ0n) is 6.14. The summed E-state index contributed by atoms with van der Waals surface area (Å²) in [4.78, 5) is 0. The molecule has 10 heavy (non-hydrogen) atoms. The Balaban J connectivity index is 2.70. The van der Waals surface area contributed by atoms with Gasteiger partial charge in [0.2, 0.25) is 0 Å². The first-order valence-electron chi connectivity index (χ1n) is 3.57. The van der Waals surface area contributed by atoms with Crippen LogP contribution in [0.2, 0.25) is 0 Å². The number of hydrogen-bond acceptors (Lipinski definition) is 2. The second-order valence-corrected chi connectivity index (χ2v) is 2.71. The van der Waals surface area contributed by atoms with Crippen LogP contribution in [0.5, 0.6) is 0 Å². The normalized spacial score (nSPS) is 25.6. The molecule has 0 heterocycles. The Bertz CT molecular complexity index is 170. The molecule has 0 amide bonds. The van der Waals surface area contributed by atoms with Crippen LogP contribution in [0.15, 0.2) is 23.8 Å². The molecule has 0 saturated carbocycles. The van der Waals surface area contributed by atoms with Crippen LogP contribution < -0.4 is 11.5 Å². The highest BCUT2D eigenvalue weighted by Gasteiger charge is 2.17. The summed E-state index contributed by atoms with van der Waals surface area (Å²) in [6.45, 7) is 4.34.